The molecule has 2 N–H and O–H groups in total. The molecule has 0 saturated carbocycles. The van der Waals surface area contributed by atoms with Gasteiger partial charge < -0.3 is 19.5 Å². The number of anilines is 1. The van der Waals surface area contributed by atoms with Gasteiger partial charge in [0, 0.05) is 36.3 Å². The van der Waals surface area contributed by atoms with Crippen molar-refractivity contribution in [2.75, 3.05) is 32.5 Å². The fourth-order valence-electron chi connectivity index (χ4n) is 4.49. The van der Waals surface area contributed by atoms with Crippen LogP contribution in [0.4, 0.5) is 5.69 Å². The molecule has 0 radical (unpaired) electrons. The Balaban J connectivity index is 1.49. The molecular weight excluding hydrogens is 422 g/mol. The topological polar surface area (TPSA) is 73.1 Å². The van der Waals surface area contributed by atoms with Crippen LogP contribution in [0.15, 0.2) is 39.9 Å². The number of nitrogens with one attached hydrogen (secondary N) is 2. The number of furan rings is 1. The molecule has 2 aromatic rings. The lowest BCUT2D eigenvalue weighted by molar-refractivity contribution is 0.0625. The number of hydrogen-bond donors (Lipinski definition) is 2. The number of hydrazone groups is 1. The second kappa shape index (κ2) is 9.83. The first-order valence-corrected chi connectivity index (χ1v) is 11.6. The normalized spacial score (nSPS) is 18.3. The van der Waals surface area contributed by atoms with E-state index in [0.29, 0.717) is 10.9 Å². The monoisotopic (exact) mass is 453 g/mol. The van der Waals surface area contributed by atoms with E-state index in [2.05, 4.69) is 27.8 Å². The van der Waals surface area contributed by atoms with Crippen molar-refractivity contribution in [3.63, 3.8) is 0 Å². The molecule has 1 aromatic heterocycles. The zero-order valence-electron chi connectivity index (χ0n) is 19.0. The zero-order chi connectivity index (χ0) is 22.7. The molecule has 1 aliphatic heterocycles. The summed E-state index contributed by atoms with van der Waals surface area (Å²) in [6, 6.07) is 9.98. The van der Waals surface area contributed by atoms with Gasteiger partial charge in [0.05, 0.1) is 5.71 Å². The fraction of sp³-hybridized carbons (Fsp3) is 0.458. The van der Waals surface area contributed by atoms with Gasteiger partial charge in [0.15, 0.2) is 10.9 Å². The highest BCUT2D eigenvalue weighted by atomic mass is 32.1. The third kappa shape index (κ3) is 4.86. The highest BCUT2D eigenvalue weighted by Gasteiger charge is 2.32. The van der Waals surface area contributed by atoms with Crippen molar-refractivity contribution in [2.24, 2.45) is 5.10 Å². The molecule has 8 heteroatoms. The number of para-hydroxylation sites is 1. The zero-order valence-corrected chi connectivity index (χ0v) is 19.8. The Morgan fingerprint density at radius 3 is 2.66 bits per heavy atom. The molecule has 1 aliphatic carbocycles. The van der Waals surface area contributed by atoms with Crippen LogP contribution in [0.1, 0.15) is 53.1 Å². The second-order valence-corrected chi connectivity index (χ2v) is 9.06. The summed E-state index contributed by atoms with van der Waals surface area (Å²) in [4.78, 5) is 17.4. The van der Waals surface area contributed by atoms with Gasteiger partial charge in [0.25, 0.3) is 5.91 Å². The van der Waals surface area contributed by atoms with E-state index < -0.39 is 0 Å². The number of carbonyl (C=O) groups excluding carboxylic acids is 1. The highest BCUT2D eigenvalue weighted by molar-refractivity contribution is 7.80. The first-order valence-electron chi connectivity index (χ1n) is 11.2. The minimum Gasteiger partial charge on any atom is -0.455 e. The number of aryl methyl sites for hydroxylation is 1. The fourth-order valence-corrected chi connectivity index (χ4v) is 4.65. The maximum atomic E-state index is 13.3. The number of likely N-dealkylation sites (tertiary alicyclic amines) is 1. The molecule has 0 spiro atoms. The van der Waals surface area contributed by atoms with Crippen molar-refractivity contribution in [1.82, 2.24) is 15.2 Å². The van der Waals surface area contributed by atoms with Crippen molar-refractivity contribution in [3.8, 4) is 0 Å². The van der Waals surface area contributed by atoms with Crippen LogP contribution in [0.3, 0.4) is 0 Å². The average molecular weight is 454 g/mol. The molecule has 1 aromatic carbocycles. The number of thiocarbonyl (C=S) groups is 1. The van der Waals surface area contributed by atoms with E-state index in [9.17, 15) is 4.79 Å². The summed E-state index contributed by atoms with van der Waals surface area (Å²) in [6.45, 7) is 3.98. The van der Waals surface area contributed by atoms with E-state index in [1.807, 2.05) is 49.2 Å². The van der Waals surface area contributed by atoms with Crippen LogP contribution in [0.25, 0.3) is 0 Å². The largest absolute Gasteiger partial charge is 0.455 e. The molecule has 170 valence electrons. The summed E-state index contributed by atoms with van der Waals surface area (Å²) in [5, 5.41) is 8.12. The molecule has 2 heterocycles. The number of carbonyl (C=O) groups is 1. The lowest BCUT2D eigenvalue weighted by Crippen LogP contribution is -2.44. The number of fused-ring (bicyclic) bond motifs is 1. The van der Waals surface area contributed by atoms with Gasteiger partial charge in [-0.15, -0.1) is 0 Å². The number of nitrogens with zero attached hydrogens (tertiary/aromatic N) is 3. The minimum atomic E-state index is -0.0416. The van der Waals surface area contributed by atoms with Crippen LogP contribution < -0.4 is 10.7 Å². The lowest BCUT2D eigenvalue weighted by Gasteiger charge is -2.34. The Morgan fingerprint density at radius 1 is 1.22 bits per heavy atom. The van der Waals surface area contributed by atoms with Crippen molar-refractivity contribution in [3.05, 3.63) is 53.0 Å². The van der Waals surface area contributed by atoms with Gasteiger partial charge in [-0.3, -0.25) is 10.2 Å². The molecule has 7 nitrogen and oxygen atoms in total. The summed E-state index contributed by atoms with van der Waals surface area (Å²) >= 11 is 5.38. The highest BCUT2D eigenvalue weighted by Crippen LogP contribution is 2.31. The van der Waals surface area contributed by atoms with E-state index in [1.54, 1.807) is 0 Å². The van der Waals surface area contributed by atoms with E-state index in [0.717, 1.165) is 73.5 Å². The third-order valence-electron chi connectivity index (χ3n) is 6.40. The van der Waals surface area contributed by atoms with Crippen LogP contribution >= 0.6 is 12.2 Å². The smallest absolute Gasteiger partial charge is 0.289 e. The summed E-state index contributed by atoms with van der Waals surface area (Å²) in [6.07, 6.45) is 4.53. The Bertz CT molecular complexity index is 1010. The van der Waals surface area contributed by atoms with Gasteiger partial charge in [-0.05, 0) is 77.1 Å². The van der Waals surface area contributed by atoms with Crippen LogP contribution in [-0.4, -0.2) is 59.8 Å². The average Bonchev–Trinajstić information content (AvgIpc) is 3.15. The van der Waals surface area contributed by atoms with Gasteiger partial charge in [-0.1, -0.05) is 18.2 Å². The number of hydrogen-bond acceptors (Lipinski definition) is 5. The molecule has 1 saturated heterocycles. The number of amides is 1. The van der Waals surface area contributed by atoms with E-state index in [-0.39, 0.29) is 11.9 Å². The SMILES string of the molecule is Cc1c(C(=O)N(C)C2CCN(C)CC2)oc2c1/C(=N/NC(=S)Nc1ccccc1)CCC2. The van der Waals surface area contributed by atoms with Crippen molar-refractivity contribution < 1.29 is 9.21 Å². The summed E-state index contributed by atoms with van der Waals surface area (Å²) in [5.41, 5.74) is 6.55. The maximum Gasteiger partial charge on any atom is 0.289 e. The Morgan fingerprint density at radius 2 is 1.94 bits per heavy atom. The summed E-state index contributed by atoms with van der Waals surface area (Å²) < 4.78 is 6.11. The number of piperidine rings is 1. The van der Waals surface area contributed by atoms with Crippen molar-refractivity contribution in [1.29, 1.82) is 0 Å². The molecule has 32 heavy (non-hydrogen) atoms. The lowest BCUT2D eigenvalue weighted by atomic mass is 9.93. The Kier molecular flexibility index (Phi) is 6.91. The van der Waals surface area contributed by atoms with Crippen molar-refractivity contribution in [2.45, 2.75) is 45.1 Å². The first kappa shape index (κ1) is 22.5. The quantitative estimate of drug-likeness (QED) is 0.542. The van der Waals surface area contributed by atoms with Gasteiger partial charge in [-0.25, -0.2) is 0 Å². The van der Waals surface area contributed by atoms with E-state index in [1.165, 1.54) is 0 Å². The van der Waals surface area contributed by atoms with Crippen LogP contribution in [0.5, 0.6) is 0 Å². The van der Waals surface area contributed by atoms with Crippen LogP contribution in [-0.2, 0) is 6.42 Å². The van der Waals surface area contributed by atoms with Gasteiger partial charge >= 0.3 is 0 Å². The van der Waals surface area contributed by atoms with Gasteiger partial charge in [0.2, 0.25) is 0 Å². The number of rotatable bonds is 4. The standard InChI is InChI=1S/C24H31N5O2S/c1-16-21-19(26-27-24(32)25-17-8-5-4-6-9-17)10-7-11-20(21)31-22(16)23(30)29(3)18-12-14-28(2)15-13-18/h4-6,8-9,18H,7,10-15H2,1-3H3,(H2,25,27,32)/b26-19+. The predicted molar refractivity (Wildman–Crippen MR) is 131 cm³/mol. The Labute approximate surface area is 194 Å². The predicted octanol–water partition coefficient (Wildman–Crippen LogP) is 3.78. The van der Waals surface area contributed by atoms with Crippen LogP contribution in [0, 0.1) is 6.92 Å². The second-order valence-electron chi connectivity index (χ2n) is 8.65. The van der Waals surface area contributed by atoms with E-state index in [4.69, 9.17) is 16.6 Å². The van der Waals surface area contributed by atoms with Crippen molar-refractivity contribution >= 4 is 34.6 Å². The van der Waals surface area contributed by atoms with Gasteiger partial charge in [0.1, 0.15) is 5.76 Å². The van der Waals surface area contributed by atoms with E-state index >= 15 is 0 Å². The molecular formula is C24H31N5O2S. The Hall–Kier alpha value is -2.71. The molecule has 0 bridgehead atoms. The first-order chi connectivity index (χ1) is 15.4. The molecule has 1 amide bonds. The summed E-state index contributed by atoms with van der Waals surface area (Å²) in [5.74, 6) is 1.24. The minimum absolute atomic E-state index is 0.0416. The maximum absolute atomic E-state index is 13.3. The third-order valence-corrected chi connectivity index (χ3v) is 6.59. The number of benzene rings is 1. The van der Waals surface area contributed by atoms with Gasteiger partial charge in [-0.2, -0.15) is 5.10 Å². The molecule has 1 fully saturated rings. The molecule has 2 aliphatic rings. The van der Waals surface area contributed by atoms with Crippen LogP contribution in [0.2, 0.25) is 0 Å². The molecule has 4 rings (SSSR count). The summed E-state index contributed by atoms with van der Waals surface area (Å²) in [7, 11) is 4.02. The molecule has 0 unspecified atom stereocenters. The molecule has 0 atom stereocenters.